The third kappa shape index (κ3) is 2.71. The Balaban J connectivity index is 2.56. The lowest BCUT2D eigenvalue weighted by Crippen LogP contribution is -2.08. The zero-order chi connectivity index (χ0) is 14.2. The van der Waals surface area contributed by atoms with Gasteiger partial charge in [0.25, 0.3) is 0 Å². The first-order valence-corrected chi connectivity index (χ1v) is 6.66. The highest BCUT2D eigenvalue weighted by atomic mass is 35.5. The number of ketones is 1. The molecule has 0 unspecified atom stereocenters. The highest BCUT2D eigenvalue weighted by molar-refractivity contribution is 6.30. The normalized spacial score (nSPS) is 10.6. The summed E-state index contributed by atoms with van der Waals surface area (Å²) in [7, 11) is 0. The van der Waals surface area contributed by atoms with Crippen molar-refractivity contribution in [2.24, 2.45) is 0 Å². The summed E-state index contributed by atoms with van der Waals surface area (Å²) < 4.78 is 0. The summed E-state index contributed by atoms with van der Waals surface area (Å²) in [5.74, 6) is 0.0733. The van der Waals surface area contributed by atoms with Gasteiger partial charge in [0, 0.05) is 16.1 Å². The highest BCUT2D eigenvalue weighted by Gasteiger charge is 2.16. The Morgan fingerprint density at radius 2 is 1.47 bits per heavy atom. The van der Waals surface area contributed by atoms with E-state index >= 15 is 0 Å². The molecule has 0 N–H and O–H groups in total. The monoisotopic (exact) mass is 272 g/mol. The molecule has 0 saturated carbocycles. The Hall–Kier alpha value is -1.60. The van der Waals surface area contributed by atoms with Crippen LogP contribution >= 0.6 is 11.6 Å². The first kappa shape index (κ1) is 13.8. The van der Waals surface area contributed by atoms with Crippen molar-refractivity contribution in [3.05, 3.63) is 68.7 Å². The van der Waals surface area contributed by atoms with Crippen molar-refractivity contribution in [1.29, 1.82) is 0 Å². The molecule has 0 aromatic heterocycles. The van der Waals surface area contributed by atoms with Gasteiger partial charge in [-0.05, 0) is 62.6 Å². The number of halogens is 1. The van der Waals surface area contributed by atoms with E-state index in [1.807, 2.05) is 45.9 Å². The van der Waals surface area contributed by atoms with Crippen LogP contribution in [0.25, 0.3) is 0 Å². The average Bonchev–Trinajstić information content (AvgIpc) is 2.26. The summed E-state index contributed by atoms with van der Waals surface area (Å²) in [6.45, 7) is 7.93. The largest absolute Gasteiger partial charge is 0.289 e. The first-order chi connectivity index (χ1) is 8.90. The lowest BCUT2D eigenvalue weighted by Gasteiger charge is -2.12. The highest BCUT2D eigenvalue weighted by Crippen LogP contribution is 2.23. The second kappa shape index (κ2) is 5.18. The predicted molar refractivity (Wildman–Crippen MR) is 80.3 cm³/mol. The Labute approximate surface area is 119 Å². The molecule has 0 aliphatic carbocycles. The molecule has 2 heteroatoms. The van der Waals surface area contributed by atoms with Crippen LogP contribution in [0.5, 0.6) is 0 Å². The number of hydrogen-bond donors (Lipinski definition) is 0. The van der Waals surface area contributed by atoms with E-state index in [2.05, 4.69) is 0 Å². The van der Waals surface area contributed by atoms with Gasteiger partial charge in [0.15, 0.2) is 5.78 Å². The van der Waals surface area contributed by atoms with Crippen molar-refractivity contribution in [2.45, 2.75) is 27.7 Å². The van der Waals surface area contributed by atoms with Crippen LogP contribution in [-0.2, 0) is 0 Å². The SMILES string of the molecule is Cc1cc(C)c(C(=O)c2ccc(Cl)cc2C)c(C)c1. The molecule has 0 amide bonds. The standard InChI is InChI=1S/C17H17ClO/c1-10-7-12(3)16(13(4)8-10)17(19)15-6-5-14(18)9-11(15)2/h5-9H,1-4H3. The second-order valence-electron chi connectivity index (χ2n) is 5.06. The van der Waals surface area contributed by atoms with Crippen molar-refractivity contribution < 1.29 is 4.79 Å². The van der Waals surface area contributed by atoms with Crippen LogP contribution in [0.2, 0.25) is 5.02 Å². The fraction of sp³-hybridized carbons (Fsp3) is 0.235. The van der Waals surface area contributed by atoms with Crippen LogP contribution in [0, 0.1) is 27.7 Å². The van der Waals surface area contributed by atoms with Gasteiger partial charge < -0.3 is 0 Å². The van der Waals surface area contributed by atoms with Crippen molar-refractivity contribution in [3.63, 3.8) is 0 Å². The molecular formula is C17H17ClO. The van der Waals surface area contributed by atoms with E-state index in [1.54, 1.807) is 12.1 Å². The van der Waals surface area contributed by atoms with Crippen molar-refractivity contribution in [1.82, 2.24) is 0 Å². The smallest absolute Gasteiger partial charge is 0.193 e. The van der Waals surface area contributed by atoms with Crippen LogP contribution in [0.1, 0.15) is 38.2 Å². The molecule has 19 heavy (non-hydrogen) atoms. The molecule has 2 aromatic rings. The van der Waals surface area contributed by atoms with E-state index in [0.717, 1.165) is 27.8 Å². The van der Waals surface area contributed by atoms with Crippen LogP contribution in [-0.4, -0.2) is 5.78 Å². The molecule has 0 spiro atoms. The van der Waals surface area contributed by atoms with Crippen LogP contribution in [0.3, 0.4) is 0 Å². The minimum atomic E-state index is 0.0733. The van der Waals surface area contributed by atoms with Crippen LogP contribution in [0.4, 0.5) is 0 Å². The molecule has 0 aliphatic rings. The lowest BCUT2D eigenvalue weighted by molar-refractivity contribution is 0.103. The molecular weight excluding hydrogens is 256 g/mol. The summed E-state index contributed by atoms with van der Waals surface area (Å²) in [6, 6.07) is 9.49. The molecule has 0 fully saturated rings. The second-order valence-corrected chi connectivity index (χ2v) is 5.50. The average molecular weight is 273 g/mol. The number of rotatable bonds is 2. The fourth-order valence-electron chi connectivity index (χ4n) is 2.55. The number of aryl methyl sites for hydroxylation is 4. The van der Waals surface area contributed by atoms with Crippen LogP contribution < -0.4 is 0 Å². The van der Waals surface area contributed by atoms with E-state index in [9.17, 15) is 4.79 Å². The van der Waals surface area contributed by atoms with Gasteiger partial charge in [0.1, 0.15) is 0 Å². The van der Waals surface area contributed by atoms with Crippen molar-refractivity contribution in [2.75, 3.05) is 0 Å². The fourth-order valence-corrected chi connectivity index (χ4v) is 2.78. The first-order valence-electron chi connectivity index (χ1n) is 6.29. The van der Waals surface area contributed by atoms with Crippen molar-refractivity contribution >= 4 is 17.4 Å². The zero-order valence-electron chi connectivity index (χ0n) is 11.7. The van der Waals surface area contributed by atoms with Gasteiger partial charge in [0.05, 0.1) is 0 Å². The van der Waals surface area contributed by atoms with Crippen molar-refractivity contribution in [3.8, 4) is 0 Å². The minimum Gasteiger partial charge on any atom is -0.289 e. The van der Waals surface area contributed by atoms with Gasteiger partial charge in [-0.2, -0.15) is 0 Å². The Bertz CT molecular complexity index is 633. The summed E-state index contributed by atoms with van der Waals surface area (Å²) in [5, 5.41) is 0.659. The summed E-state index contributed by atoms with van der Waals surface area (Å²) in [5.41, 5.74) is 5.67. The molecule has 1 nitrogen and oxygen atoms in total. The molecule has 0 heterocycles. The summed E-state index contributed by atoms with van der Waals surface area (Å²) in [6.07, 6.45) is 0. The van der Waals surface area contributed by atoms with E-state index in [4.69, 9.17) is 11.6 Å². The minimum absolute atomic E-state index is 0.0733. The molecule has 0 radical (unpaired) electrons. The number of carbonyl (C=O) groups is 1. The van der Waals surface area contributed by atoms with Gasteiger partial charge in [0.2, 0.25) is 0 Å². The number of benzene rings is 2. The molecule has 2 aromatic carbocycles. The van der Waals surface area contributed by atoms with Gasteiger partial charge in [-0.3, -0.25) is 4.79 Å². The predicted octanol–water partition coefficient (Wildman–Crippen LogP) is 4.80. The number of carbonyl (C=O) groups excluding carboxylic acids is 1. The molecule has 2 rings (SSSR count). The summed E-state index contributed by atoms with van der Waals surface area (Å²) >= 11 is 5.94. The maximum Gasteiger partial charge on any atom is 0.193 e. The topological polar surface area (TPSA) is 17.1 Å². The van der Waals surface area contributed by atoms with E-state index in [1.165, 1.54) is 5.56 Å². The maximum atomic E-state index is 12.7. The van der Waals surface area contributed by atoms with Gasteiger partial charge in [-0.1, -0.05) is 29.3 Å². The Kier molecular flexibility index (Phi) is 3.77. The Morgan fingerprint density at radius 3 is 2.00 bits per heavy atom. The van der Waals surface area contributed by atoms with E-state index in [-0.39, 0.29) is 5.78 Å². The Morgan fingerprint density at radius 1 is 0.895 bits per heavy atom. The van der Waals surface area contributed by atoms with Gasteiger partial charge in [-0.15, -0.1) is 0 Å². The van der Waals surface area contributed by atoms with Gasteiger partial charge in [-0.25, -0.2) is 0 Å². The molecule has 98 valence electrons. The quantitative estimate of drug-likeness (QED) is 0.718. The third-order valence-electron chi connectivity index (χ3n) is 3.34. The summed E-state index contributed by atoms with van der Waals surface area (Å²) in [4.78, 5) is 12.7. The van der Waals surface area contributed by atoms with Crippen LogP contribution in [0.15, 0.2) is 30.3 Å². The third-order valence-corrected chi connectivity index (χ3v) is 3.57. The van der Waals surface area contributed by atoms with Gasteiger partial charge >= 0.3 is 0 Å². The molecule has 0 aliphatic heterocycles. The van der Waals surface area contributed by atoms with E-state index in [0.29, 0.717) is 5.02 Å². The molecule has 0 atom stereocenters. The molecule has 0 saturated heterocycles. The lowest BCUT2D eigenvalue weighted by atomic mass is 9.91. The zero-order valence-corrected chi connectivity index (χ0v) is 12.4. The molecule has 0 bridgehead atoms. The van der Waals surface area contributed by atoms with E-state index < -0.39 is 0 Å². The number of hydrogen-bond acceptors (Lipinski definition) is 1. The maximum absolute atomic E-state index is 12.7.